The number of methoxy groups -OCH3 is 1. The molecule has 1 aromatic carbocycles. The van der Waals surface area contributed by atoms with Gasteiger partial charge in [-0.3, -0.25) is 14.3 Å². The van der Waals surface area contributed by atoms with Crippen LogP contribution in [0.5, 0.6) is 5.75 Å². The number of anilines is 3. The minimum atomic E-state index is 0.181. The third kappa shape index (κ3) is 14.4. The van der Waals surface area contributed by atoms with Gasteiger partial charge in [-0.05, 0) is 37.7 Å². The van der Waals surface area contributed by atoms with Gasteiger partial charge in [0.25, 0.3) is 0 Å². The van der Waals surface area contributed by atoms with E-state index in [1.807, 2.05) is 15.8 Å². The van der Waals surface area contributed by atoms with Crippen LogP contribution < -0.4 is 26.0 Å². The van der Waals surface area contributed by atoms with Crippen LogP contribution in [-0.4, -0.2) is 82.3 Å². The number of fused-ring (bicyclic) bond motifs is 1. The Morgan fingerprint density at radius 2 is 1.46 bits per heavy atom. The predicted octanol–water partition coefficient (Wildman–Crippen LogP) is 8.87. The number of piperazine rings is 1. The number of amides is 2. The average Bonchev–Trinajstić information content (AvgIpc) is 3.61. The Morgan fingerprint density at radius 3 is 2.09 bits per heavy atom. The number of nitrogens with zero attached hydrogens (tertiary/aromatic N) is 6. The van der Waals surface area contributed by atoms with Gasteiger partial charge in [0.15, 0.2) is 11.3 Å². The van der Waals surface area contributed by atoms with Gasteiger partial charge < -0.3 is 30.9 Å². The molecule has 2 amide bonds. The number of carbonyl (C=O) groups excluding carboxylic acids is 2. The fourth-order valence-electron chi connectivity index (χ4n) is 8.37. The number of benzene rings is 1. The number of nitrogens with two attached hydrogens (primary N) is 1. The van der Waals surface area contributed by atoms with E-state index < -0.39 is 0 Å². The van der Waals surface area contributed by atoms with E-state index in [9.17, 15) is 9.59 Å². The van der Waals surface area contributed by atoms with Crippen molar-refractivity contribution in [3.8, 4) is 5.75 Å². The van der Waals surface area contributed by atoms with Gasteiger partial charge in [0, 0.05) is 68.9 Å². The van der Waals surface area contributed by atoms with Gasteiger partial charge in [-0.25, -0.2) is 4.98 Å². The highest BCUT2D eigenvalue weighted by atomic mass is 16.5. The van der Waals surface area contributed by atoms with Gasteiger partial charge in [-0.2, -0.15) is 10.1 Å². The first-order valence-electron chi connectivity index (χ1n) is 22.6. The maximum absolute atomic E-state index is 13.2. The number of aromatic nitrogens is 4. The van der Waals surface area contributed by atoms with Crippen molar-refractivity contribution in [2.75, 3.05) is 55.8 Å². The molecule has 0 atom stereocenters. The highest BCUT2D eigenvalue weighted by Gasteiger charge is 2.33. The molecule has 1 aliphatic heterocycles. The molecule has 3 aromatic rings. The summed E-state index contributed by atoms with van der Waals surface area (Å²) in [6.07, 6.45) is 27.0. The number of nitrogens with one attached hydrogen (secondary N) is 2. The van der Waals surface area contributed by atoms with Gasteiger partial charge >= 0.3 is 0 Å². The van der Waals surface area contributed by atoms with E-state index >= 15 is 0 Å². The van der Waals surface area contributed by atoms with Gasteiger partial charge in [0.05, 0.1) is 19.9 Å². The van der Waals surface area contributed by atoms with Crippen LogP contribution in [0, 0.1) is 5.92 Å². The summed E-state index contributed by atoms with van der Waals surface area (Å²) in [4.78, 5) is 38.8. The van der Waals surface area contributed by atoms with Crippen LogP contribution >= 0.6 is 0 Å². The summed E-state index contributed by atoms with van der Waals surface area (Å²) in [6.45, 7) is 8.70. The average molecular weight is 788 g/mol. The molecule has 316 valence electrons. The topological polar surface area (TPSA) is 144 Å². The smallest absolute Gasteiger partial charge is 0.222 e. The fraction of sp³-hybridized carbons (Fsp3) is 0.711. The third-order valence-corrected chi connectivity index (χ3v) is 11.9. The number of ether oxygens (including phenoxy) is 1. The van der Waals surface area contributed by atoms with Crippen molar-refractivity contribution in [1.82, 2.24) is 30.0 Å². The van der Waals surface area contributed by atoms with E-state index in [2.05, 4.69) is 57.5 Å². The summed E-state index contributed by atoms with van der Waals surface area (Å²) >= 11 is 0. The summed E-state index contributed by atoms with van der Waals surface area (Å²) in [5.41, 5.74) is 9.47. The highest BCUT2D eigenvalue weighted by Crippen LogP contribution is 2.32. The van der Waals surface area contributed by atoms with Crippen LogP contribution in [0.25, 0.3) is 11.0 Å². The molecule has 3 heterocycles. The van der Waals surface area contributed by atoms with E-state index in [1.165, 1.54) is 83.5 Å². The summed E-state index contributed by atoms with van der Waals surface area (Å²) in [6, 6.07) is 6.52. The Kier molecular flexibility index (Phi) is 18.5. The highest BCUT2D eigenvalue weighted by molar-refractivity contribution is 5.85. The maximum Gasteiger partial charge on any atom is 0.222 e. The fourth-order valence-corrected chi connectivity index (χ4v) is 8.37. The lowest BCUT2D eigenvalue weighted by Crippen LogP contribution is -2.50. The molecule has 12 nitrogen and oxygen atoms in total. The van der Waals surface area contributed by atoms with Crippen LogP contribution in [0.1, 0.15) is 154 Å². The first-order chi connectivity index (χ1) is 27.9. The van der Waals surface area contributed by atoms with Crippen LogP contribution in [0.2, 0.25) is 0 Å². The molecule has 2 aliphatic rings. The van der Waals surface area contributed by atoms with E-state index in [-0.39, 0.29) is 23.8 Å². The van der Waals surface area contributed by atoms with Crippen molar-refractivity contribution >= 4 is 40.3 Å². The molecule has 1 aliphatic carbocycles. The van der Waals surface area contributed by atoms with Crippen LogP contribution in [0.3, 0.4) is 0 Å². The largest absolute Gasteiger partial charge is 0.496 e. The molecule has 2 aromatic heterocycles. The number of carbonyl (C=O) groups is 2. The second-order valence-corrected chi connectivity index (χ2v) is 16.6. The second kappa shape index (κ2) is 24.0. The van der Waals surface area contributed by atoms with Crippen molar-refractivity contribution in [1.29, 1.82) is 0 Å². The van der Waals surface area contributed by atoms with Crippen LogP contribution in [0.4, 0.5) is 17.5 Å². The molecular formula is C45H73N9O3. The number of nitrogen functional groups attached to an aromatic ring is 1. The Morgan fingerprint density at radius 1 is 0.825 bits per heavy atom. The van der Waals surface area contributed by atoms with E-state index in [1.54, 1.807) is 7.11 Å². The summed E-state index contributed by atoms with van der Waals surface area (Å²) < 4.78 is 7.68. The van der Waals surface area contributed by atoms with Crippen molar-refractivity contribution in [3.63, 3.8) is 0 Å². The zero-order valence-corrected chi connectivity index (χ0v) is 35.5. The van der Waals surface area contributed by atoms with Gasteiger partial charge in [-0.1, -0.05) is 116 Å². The predicted molar refractivity (Wildman–Crippen MR) is 233 cm³/mol. The van der Waals surface area contributed by atoms with Crippen LogP contribution in [0.15, 0.2) is 24.4 Å². The Balaban J connectivity index is 0.925. The van der Waals surface area contributed by atoms with E-state index in [0.29, 0.717) is 55.2 Å². The van der Waals surface area contributed by atoms with Gasteiger partial charge in [-0.15, -0.1) is 0 Å². The molecule has 1 saturated carbocycles. The Bertz CT molecular complexity index is 1650. The monoisotopic (exact) mass is 788 g/mol. The summed E-state index contributed by atoms with van der Waals surface area (Å²) in [5, 5.41) is 11.3. The van der Waals surface area contributed by atoms with E-state index in [4.69, 9.17) is 15.6 Å². The zero-order valence-electron chi connectivity index (χ0n) is 35.5. The van der Waals surface area contributed by atoms with Crippen LogP contribution in [-0.2, 0) is 16.1 Å². The normalized spacial score (nSPS) is 16.8. The lowest BCUT2D eigenvalue weighted by Gasteiger charge is -2.39. The van der Waals surface area contributed by atoms with Crippen molar-refractivity contribution in [3.05, 3.63) is 30.0 Å². The molecule has 5 rings (SSSR count). The standard InChI is InChI=1S/C45H73N9O3/c1-4-6-8-9-10-11-12-13-14-15-16-17-18-19-20-21-41(55)48-37-29-35(30-37)31-42(56)53-27-25-52(26-28-53)38-23-22-36(40(32-38)57-3)33-54-34-39-43(51-54)44(47-24-7-5-2)50-45(46)49-39/h22-23,32,34-35,37H,4-21,24-31,33H2,1-3H3,(H,48,55)(H3,46,47,49,50). The van der Waals surface area contributed by atoms with Gasteiger partial charge in [0.2, 0.25) is 17.8 Å². The summed E-state index contributed by atoms with van der Waals surface area (Å²) in [5.74, 6) is 2.45. The zero-order chi connectivity index (χ0) is 40.2. The molecule has 57 heavy (non-hydrogen) atoms. The lowest BCUT2D eigenvalue weighted by molar-refractivity contribution is -0.133. The molecule has 2 fully saturated rings. The molecular weight excluding hydrogens is 715 g/mol. The number of rotatable bonds is 27. The number of hydrogen-bond acceptors (Lipinski definition) is 9. The Hall–Kier alpha value is -4.09. The minimum Gasteiger partial charge on any atom is -0.496 e. The third-order valence-electron chi connectivity index (χ3n) is 11.9. The number of unbranched alkanes of at least 4 members (excludes halogenated alkanes) is 15. The van der Waals surface area contributed by atoms with Crippen molar-refractivity contribution < 1.29 is 14.3 Å². The Labute approximate surface area is 342 Å². The first-order valence-corrected chi connectivity index (χ1v) is 22.6. The molecule has 1 saturated heterocycles. The first kappa shape index (κ1) is 44.0. The molecule has 0 spiro atoms. The molecule has 12 heteroatoms. The number of hydrogen-bond donors (Lipinski definition) is 3. The van der Waals surface area contributed by atoms with Crippen molar-refractivity contribution in [2.24, 2.45) is 5.92 Å². The summed E-state index contributed by atoms with van der Waals surface area (Å²) in [7, 11) is 1.69. The molecule has 0 bridgehead atoms. The molecule has 4 N–H and O–H groups in total. The SMILES string of the molecule is CCCCCCCCCCCCCCCCCC(=O)NC1CC(CC(=O)N2CCN(c3ccc(Cn4cc5nc(N)nc(NCCCC)c5n4)c(OC)c3)CC2)C1. The van der Waals surface area contributed by atoms with Crippen molar-refractivity contribution in [2.45, 2.75) is 161 Å². The molecule has 0 unspecified atom stereocenters. The quantitative estimate of drug-likeness (QED) is 0.0646. The lowest BCUT2D eigenvalue weighted by atomic mass is 9.78. The molecule has 0 radical (unpaired) electrons. The maximum atomic E-state index is 13.2. The minimum absolute atomic E-state index is 0.181. The second-order valence-electron chi connectivity index (χ2n) is 16.6. The van der Waals surface area contributed by atoms with Gasteiger partial charge in [0.1, 0.15) is 11.3 Å². The van der Waals surface area contributed by atoms with E-state index in [0.717, 1.165) is 75.2 Å².